The van der Waals surface area contributed by atoms with Crippen LogP contribution in [0.15, 0.2) is 70.7 Å². The van der Waals surface area contributed by atoms with Gasteiger partial charge in [0.25, 0.3) is 5.91 Å². The first-order chi connectivity index (χ1) is 20.7. The number of hydrogen-bond acceptors (Lipinski definition) is 6. The molecular weight excluding hydrogens is 656 g/mol. The van der Waals surface area contributed by atoms with E-state index in [-0.39, 0.29) is 29.1 Å². The number of nitrogens with one attached hydrogen (secondary N) is 3. The third-order valence-corrected chi connectivity index (χ3v) is 9.70. The summed E-state index contributed by atoms with van der Waals surface area (Å²) >= 11 is 3.46. The Hall–Kier alpha value is -3.02. The molecule has 2 aromatic carbocycles. The molecular formula is C34H49BrN4O5S. The molecule has 9 nitrogen and oxygen atoms in total. The van der Waals surface area contributed by atoms with E-state index < -0.39 is 44.9 Å². The molecule has 0 aliphatic rings. The Bertz CT molecular complexity index is 1470. The zero-order valence-electron chi connectivity index (χ0n) is 28.1. The normalized spacial score (nSPS) is 14.8. The molecule has 0 aromatic heterocycles. The van der Waals surface area contributed by atoms with Crippen molar-refractivity contribution in [2.45, 2.75) is 84.7 Å². The van der Waals surface area contributed by atoms with Crippen LogP contribution >= 0.6 is 15.9 Å². The maximum Gasteiger partial charge on any atom is 0.260 e. The van der Waals surface area contributed by atoms with Crippen molar-refractivity contribution in [1.82, 2.24) is 20.3 Å². The van der Waals surface area contributed by atoms with Crippen molar-refractivity contribution < 1.29 is 22.8 Å². The van der Waals surface area contributed by atoms with Crippen LogP contribution in [0.1, 0.15) is 66.5 Å². The van der Waals surface area contributed by atoms with Gasteiger partial charge in [0.05, 0.1) is 17.8 Å². The van der Waals surface area contributed by atoms with Crippen LogP contribution in [-0.2, 0) is 35.6 Å². The zero-order valence-corrected chi connectivity index (χ0v) is 30.5. The lowest BCUT2D eigenvalue weighted by Crippen LogP contribution is -2.61. The molecule has 11 heteroatoms. The number of sulfonamides is 1. The quantitative estimate of drug-likeness (QED) is 0.254. The number of carbonyl (C=O) groups excluding carboxylic acids is 3. The van der Waals surface area contributed by atoms with Gasteiger partial charge >= 0.3 is 0 Å². The minimum absolute atomic E-state index is 0.125. The lowest BCUT2D eigenvalue weighted by molar-refractivity contribution is -0.140. The number of likely N-dealkylation sites (N-methyl/N-ethyl adjacent to an activating group) is 2. The van der Waals surface area contributed by atoms with E-state index in [1.807, 2.05) is 72.7 Å². The average Bonchev–Trinajstić information content (AvgIpc) is 2.93. The number of benzene rings is 2. The Morgan fingerprint density at radius 3 is 1.98 bits per heavy atom. The van der Waals surface area contributed by atoms with E-state index in [4.69, 9.17) is 0 Å². The number of nitrogens with zero attached hydrogens (tertiary/aromatic N) is 1. The van der Waals surface area contributed by atoms with E-state index >= 15 is 0 Å². The van der Waals surface area contributed by atoms with E-state index in [1.54, 1.807) is 50.5 Å². The number of rotatable bonds is 13. The summed E-state index contributed by atoms with van der Waals surface area (Å²) in [5.74, 6) is -1.86. The van der Waals surface area contributed by atoms with Gasteiger partial charge in [-0.15, -0.1) is 0 Å². The van der Waals surface area contributed by atoms with Crippen molar-refractivity contribution in [3.63, 3.8) is 0 Å². The molecule has 0 heterocycles. The predicted molar refractivity (Wildman–Crippen MR) is 184 cm³/mol. The van der Waals surface area contributed by atoms with Crippen molar-refractivity contribution in [3.05, 3.63) is 81.8 Å². The first kappa shape index (κ1) is 38.2. The van der Waals surface area contributed by atoms with Crippen molar-refractivity contribution >= 4 is 43.7 Å². The molecule has 3 atom stereocenters. The van der Waals surface area contributed by atoms with Crippen LogP contribution in [0.5, 0.6) is 0 Å². The maximum atomic E-state index is 14.1. The van der Waals surface area contributed by atoms with Crippen molar-refractivity contribution in [2.75, 3.05) is 14.1 Å². The van der Waals surface area contributed by atoms with Gasteiger partial charge in [-0.25, -0.2) is 13.1 Å². The molecule has 0 saturated carbocycles. The smallest absolute Gasteiger partial charge is 0.260 e. The van der Waals surface area contributed by atoms with Crippen LogP contribution in [0.3, 0.4) is 0 Å². The van der Waals surface area contributed by atoms with E-state index in [0.29, 0.717) is 5.56 Å². The molecule has 0 saturated heterocycles. The summed E-state index contributed by atoms with van der Waals surface area (Å²) in [6, 6.07) is 14.3. The molecule has 0 aliphatic carbocycles. The van der Waals surface area contributed by atoms with Crippen LogP contribution in [0, 0.1) is 11.3 Å². The summed E-state index contributed by atoms with van der Waals surface area (Å²) in [5.41, 5.74) is 0.421. The second-order valence-corrected chi connectivity index (χ2v) is 16.1. The second-order valence-electron chi connectivity index (χ2n) is 13.5. The van der Waals surface area contributed by atoms with E-state index in [2.05, 4.69) is 31.3 Å². The van der Waals surface area contributed by atoms with Crippen LogP contribution in [0.4, 0.5) is 0 Å². The van der Waals surface area contributed by atoms with Crippen LogP contribution in [0.2, 0.25) is 0 Å². The van der Waals surface area contributed by atoms with Crippen LogP contribution in [-0.4, -0.2) is 63.3 Å². The number of amides is 3. The molecule has 3 amide bonds. The Balaban J connectivity index is 2.30. The lowest BCUT2D eigenvalue weighted by Gasteiger charge is -2.40. The molecule has 2 rings (SSSR count). The third-order valence-electron chi connectivity index (χ3n) is 7.96. The number of halogens is 1. The molecule has 0 bridgehead atoms. The first-order valence-electron chi connectivity index (χ1n) is 15.0. The van der Waals surface area contributed by atoms with Crippen LogP contribution in [0.25, 0.3) is 0 Å². The standard InChI is InChI=1S/C34H49BrN4O5S/c1-22(2)27(20-23(3)30(40)38-45(43,44)21-24-14-12-11-13-15-24)39(10)32(42)29(33(4,5)6)37-31(41)28(36-9)34(7,8)25-16-18-26(35)19-17-25/h11-20,22,27-29,36H,21H2,1-10H3,(H,37,41)(H,38,40)/b23-20+/t27-,28-,29-/m1/s1. The molecule has 0 fully saturated rings. The van der Waals surface area contributed by atoms with Gasteiger partial charge in [-0.2, -0.15) is 0 Å². The van der Waals surface area contributed by atoms with Gasteiger partial charge < -0.3 is 15.5 Å². The fourth-order valence-corrected chi connectivity index (χ4v) is 6.64. The summed E-state index contributed by atoms with van der Waals surface area (Å²) in [7, 11) is -0.587. The van der Waals surface area contributed by atoms with Gasteiger partial charge in [-0.3, -0.25) is 14.4 Å². The highest BCUT2D eigenvalue weighted by Crippen LogP contribution is 2.30. The first-order valence-corrected chi connectivity index (χ1v) is 17.4. The highest BCUT2D eigenvalue weighted by molar-refractivity contribution is 9.10. The zero-order chi connectivity index (χ0) is 34.3. The summed E-state index contributed by atoms with van der Waals surface area (Å²) < 4.78 is 28.4. The van der Waals surface area contributed by atoms with Crippen molar-refractivity contribution in [3.8, 4) is 0 Å². The molecule has 0 unspecified atom stereocenters. The Morgan fingerprint density at radius 1 is 0.933 bits per heavy atom. The minimum Gasteiger partial charge on any atom is -0.342 e. The van der Waals surface area contributed by atoms with E-state index in [9.17, 15) is 22.8 Å². The topological polar surface area (TPSA) is 125 Å². The maximum absolute atomic E-state index is 14.1. The molecule has 3 N–H and O–H groups in total. The molecule has 248 valence electrons. The third kappa shape index (κ3) is 10.5. The van der Waals surface area contributed by atoms with Crippen LogP contribution < -0.4 is 15.4 Å². The van der Waals surface area contributed by atoms with Crippen molar-refractivity contribution in [2.24, 2.45) is 11.3 Å². The highest BCUT2D eigenvalue weighted by atomic mass is 79.9. The number of hydrogen-bond donors (Lipinski definition) is 3. The summed E-state index contributed by atoms with van der Waals surface area (Å²) in [5, 5.41) is 6.16. The van der Waals surface area contributed by atoms with Gasteiger partial charge in [0.2, 0.25) is 21.8 Å². The van der Waals surface area contributed by atoms with Gasteiger partial charge in [0, 0.05) is 22.5 Å². The van der Waals surface area contributed by atoms with Gasteiger partial charge in [-0.05, 0) is 48.6 Å². The van der Waals surface area contributed by atoms with E-state index in [0.717, 1.165) is 10.0 Å². The minimum atomic E-state index is -3.94. The fraction of sp³-hybridized carbons (Fsp3) is 0.500. The summed E-state index contributed by atoms with van der Waals surface area (Å²) in [4.78, 5) is 42.4. The second kappa shape index (κ2) is 15.5. The summed E-state index contributed by atoms with van der Waals surface area (Å²) in [6.07, 6.45) is 1.60. The molecule has 45 heavy (non-hydrogen) atoms. The van der Waals surface area contributed by atoms with E-state index in [1.165, 1.54) is 11.8 Å². The fourth-order valence-electron chi connectivity index (χ4n) is 5.23. The van der Waals surface area contributed by atoms with Gasteiger partial charge in [0.1, 0.15) is 6.04 Å². The Kier molecular flexibility index (Phi) is 13.2. The SMILES string of the molecule is CN[C@H](C(=O)N[C@H](C(=O)N(C)[C@H](/C=C(\C)C(=O)NS(=O)(=O)Cc1ccccc1)C(C)C)C(C)(C)C)C(C)(C)c1ccc(Br)cc1. The molecule has 0 spiro atoms. The predicted octanol–water partition coefficient (Wildman–Crippen LogP) is 4.92. The largest absolute Gasteiger partial charge is 0.342 e. The number of carbonyl (C=O) groups is 3. The average molecular weight is 706 g/mol. The van der Waals surface area contributed by atoms with Crippen molar-refractivity contribution in [1.29, 1.82) is 0 Å². The molecule has 0 radical (unpaired) electrons. The lowest BCUT2D eigenvalue weighted by atomic mass is 9.76. The Morgan fingerprint density at radius 2 is 1.49 bits per heavy atom. The molecule has 0 aliphatic heterocycles. The highest BCUT2D eigenvalue weighted by Gasteiger charge is 2.41. The van der Waals surface area contributed by atoms with Gasteiger partial charge in [-0.1, -0.05) is 113 Å². The Labute approximate surface area is 277 Å². The molecule has 2 aromatic rings. The summed E-state index contributed by atoms with van der Waals surface area (Å²) in [6.45, 7) is 14.9. The monoisotopic (exact) mass is 704 g/mol. The van der Waals surface area contributed by atoms with Gasteiger partial charge in [0.15, 0.2) is 0 Å².